The quantitative estimate of drug-likeness (QED) is 0.806. The van der Waals surface area contributed by atoms with E-state index in [4.69, 9.17) is 12.2 Å². The number of pyridine rings is 1. The Morgan fingerprint density at radius 2 is 2.27 bits per heavy atom. The lowest BCUT2D eigenvalue weighted by atomic mass is 10.4. The highest BCUT2D eigenvalue weighted by Crippen LogP contribution is 2.18. The van der Waals surface area contributed by atoms with Crippen molar-refractivity contribution in [2.75, 3.05) is 17.7 Å². The fourth-order valence-electron chi connectivity index (χ4n) is 1.17. The van der Waals surface area contributed by atoms with Crippen LogP contribution in [0.3, 0.4) is 0 Å². The standard InChI is InChI=1S/C9H9N3OS2/c13-8-5-15-9(14)12(8)6-11-7-1-3-10-4-2-7/h1-4H,5-6H2,(H,10,11). The normalized spacial score (nSPS) is 15.9. The predicted octanol–water partition coefficient (Wildman–Crippen LogP) is 1.31. The van der Waals surface area contributed by atoms with Crippen molar-refractivity contribution < 1.29 is 4.79 Å². The number of hydrogen-bond donors (Lipinski definition) is 1. The molecule has 1 aliphatic rings. The summed E-state index contributed by atoms with van der Waals surface area (Å²) >= 11 is 6.45. The first-order chi connectivity index (χ1) is 7.27. The summed E-state index contributed by atoms with van der Waals surface area (Å²) in [5.41, 5.74) is 0.928. The van der Waals surface area contributed by atoms with Gasteiger partial charge in [-0.15, -0.1) is 0 Å². The van der Waals surface area contributed by atoms with Crippen LogP contribution < -0.4 is 5.32 Å². The molecule has 2 heterocycles. The van der Waals surface area contributed by atoms with E-state index in [1.807, 2.05) is 12.1 Å². The van der Waals surface area contributed by atoms with Crippen molar-refractivity contribution in [3.05, 3.63) is 24.5 Å². The van der Waals surface area contributed by atoms with E-state index in [9.17, 15) is 4.79 Å². The molecule has 0 aromatic carbocycles. The molecule has 0 atom stereocenters. The summed E-state index contributed by atoms with van der Waals surface area (Å²) in [6.07, 6.45) is 3.39. The third-order valence-electron chi connectivity index (χ3n) is 1.96. The number of hydrogen-bond acceptors (Lipinski definition) is 5. The molecule has 15 heavy (non-hydrogen) atoms. The van der Waals surface area contributed by atoms with Gasteiger partial charge in [0.15, 0.2) is 0 Å². The zero-order chi connectivity index (χ0) is 10.7. The predicted molar refractivity (Wildman–Crippen MR) is 64.6 cm³/mol. The Labute approximate surface area is 97.1 Å². The van der Waals surface area contributed by atoms with Crippen molar-refractivity contribution in [1.82, 2.24) is 9.88 Å². The summed E-state index contributed by atoms with van der Waals surface area (Å²) in [4.78, 5) is 16.8. The lowest BCUT2D eigenvalue weighted by molar-refractivity contribution is -0.123. The van der Waals surface area contributed by atoms with E-state index in [-0.39, 0.29) is 5.91 Å². The number of nitrogens with zero attached hydrogens (tertiary/aromatic N) is 2. The molecule has 1 aromatic heterocycles. The molecule has 6 heteroatoms. The van der Waals surface area contributed by atoms with Crippen LogP contribution in [0.5, 0.6) is 0 Å². The van der Waals surface area contributed by atoms with Crippen molar-refractivity contribution in [2.24, 2.45) is 0 Å². The van der Waals surface area contributed by atoms with Crippen LogP contribution in [-0.4, -0.2) is 32.5 Å². The van der Waals surface area contributed by atoms with Gasteiger partial charge in [0.05, 0.1) is 12.4 Å². The van der Waals surface area contributed by atoms with Gasteiger partial charge in [0.25, 0.3) is 0 Å². The number of anilines is 1. The zero-order valence-corrected chi connectivity index (χ0v) is 9.48. The van der Waals surface area contributed by atoms with Gasteiger partial charge in [0.1, 0.15) is 4.32 Å². The van der Waals surface area contributed by atoms with Gasteiger partial charge in [-0.05, 0) is 12.1 Å². The highest BCUT2D eigenvalue weighted by Gasteiger charge is 2.25. The van der Waals surface area contributed by atoms with Gasteiger partial charge in [-0.1, -0.05) is 24.0 Å². The highest BCUT2D eigenvalue weighted by molar-refractivity contribution is 8.23. The molecule has 1 N–H and O–H groups in total. The second kappa shape index (κ2) is 4.59. The molecule has 1 aromatic rings. The van der Waals surface area contributed by atoms with Gasteiger partial charge in [0, 0.05) is 18.1 Å². The summed E-state index contributed by atoms with van der Waals surface area (Å²) in [5, 5.41) is 3.11. The Balaban J connectivity index is 1.93. The minimum absolute atomic E-state index is 0.0616. The van der Waals surface area contributed by atoms with Gasteiger partial charge in [-0.3, -0.25) is 14.7 Å². The van der Waals surface area contributed by atoms with Crippen molar-refractivity contribution in [2.45, 2.75) is 0 Å². The van der Waals surface area contributed by atoms with Crippen LogP contribution in [0, 0.1) is 0 Å². The van der Waals surface area contributed by atoms with Crippen LogP contribution in [0.2, 0.25) is 0 Å². The number of thiocarbonyl (C=S) groups is 1. The second-order valence-corrected chi connectivity index (χ2v) is 4.56. The molecule has 0 unspecified atom stereocenters. The summed E-state index contributed by atoms with van der Waals surface area (Å²) in [6.45, 7) is 0.425. The van der Waals surface area contributed by atoms with Crippen LogP contribution in [-0.2, 0) is 4.79 Å². The Kier molecular flexibility index (Phi) is 3.17. The van der Waals surface area contributed by atoms with Crippen LogP contribution in [0.25, 0.3) is 0 Å². The molecule has 1 fully saturated rings. The molecule has 4 nitrogen and oxygen atoms in total. The number of thioether (sulfide) groups is 1. The van der Waals surface area contributed by atoms with Gasteiger partial charge < -0.3 is 5.32 Å². The molecular weight excluding hydrogens is 230 g/mol. The van der Waals surface area contributed by atoms with Crippen molar-refractivity contribution >= 4 is 39.9 Å². The van der Waals surface area contributed by atoms with E-state index in [1.54, 1.807) is 17.3 Å². The van der Waals surface area contributed by atoms with E-state index in [0.29, 0.717) is 16.7 Å². The summed E-state index contributed by atoms with van der Waals surface area (Å²) in [6, 6.07) is 3.69. The van der Waals surface area contributed by atoms with Crippen LogP contribution in [0.1, 0.15) is 0 Å². The number of rotatable bonds is 3. The third kappa shape index (κ3) is 2.45. The molecule has 2 rings (SSSR count). The Hall–Kier alpha value is -1.14. The van der Waals surface area contributed by atoms with E-state index in [1.165, 1.54) is 11.8 Å². The van der Waals surface area contributed by atoms with Crippen LogP contribution in [0.4, 0.5) is 5.69 Å². The molecule has 0 radical (unpaired) electrons. The minimum Gasteiger partial charge on any atom is -0.367 e. The second-order valence-electron chi connectivity index (χ2n) is 2.95. The van der Waals surface area contributed by atoms with Crippen molar-refractivity contribution in [3.8, 4) is 0 Å². The van der Waals surface area contributed by atoms with Gasteiger partial charge in [-0.2, -0.15) is 0 Å². The fourth-order valence-corrected chi connectivity index (χ4v) is 2.24. The molecule has 0 saturated carbocycles. The first kappa shape index (κ1) is 10.4. The monoisotopic (exact) mass is 239 g/mol. The molecule has 0 aliphatic carbocycles. The topological polar surface area (TPSA) is 45.2 Å². The van der Waals surface area contributed by atoms with Crippen LogP contribution in [0.15, 0.2) is 24.5 Å². The summed E-state index contributed by atoms with van der Waals surface area (Å²) in [5.74, 6) is 0.517. The number of carbonyl (C=O) groups is 1. The van der Waals surface area contributed by atoms with Gasteiger partial charge in [0.2, 0.25) is 5.91 Å². The lowest BCUT2D eigenvalue weighted by Crippen LogP contribution is -2.33. The smallest absolute Gasteiger partial charge is 0.239 e. The number of aromatic nitrogens is 1. The largest absolute Gasteiger partial charge is 0.367 e. The molecule has 0 spiro atoms. The molecule has 1 aliphatic heterocycles. The van der Waals surface area contributed by atoms with E-state index in [0.717, 1.165) is 5.69 Å². The molecule has 0 bridgehead atoms. The Morgan fingerprint density at radius 1 is 1.53 bits per heavy atom. The maximum absolute atomic E-state index is 11.4. The Morgan fingerprint density at radius 3 is 2.87 bits per heavy atom. The van der Waals surface area contributed by atoms with E-state index >= 15 is 0 Å². The van der Waals surface area contributed by atoms with Crippen molar-refractivity contribution in [1.29, 1.82) is 0 Å². The third-order valence-corrected chi connectivity index (χ3v) is 3.39. The van der Waals surface area contributed by atoms with Crippen molar-refractivity contribution in [3.63, 3.8) is 0 Å². The highest BCUT2D eigenvalue weighted by atomic mass is 32.2. The number of amides is 1. The number of nitrogens with one attached hydrogen (secondary N) is 1. The van der Waals surface area contributed by atoms with E-state index in [2.05, 4.69) is 10.3 Å². The number of carbonyl (C=O) groups excluding carboxylic acids is 1. The fraction of sp³-hybridized carbons (Fsp3) is 0.222. The van der Waals surface area contributed by atoms with E-state index < -0.39 is 0 Å². The molecule has 1 amide bonds. The summed E-state index contributed by atoms with van der Waals surface area (Å²) in [7, 11) is 0. The molecule has 78 valence electrons. The maximum atomic E-state index is 11.4. The SMILES string of the molecule is O=C1CSC(=S)N1CNc1ccncc1. The first-order valence-electron chi connectivity index (χ1n) is 4.38. The Bertz CT molecular complexity index is 366. The lowest BCUT2D eigenvalue weighted by Gasteiger charge is -2.16. The average molecular weight is 239 g/mol. The average Bonchev–Trinajstić information content (AvgIpc) is 2.58. The van der Waals surface area contributed by atoms with Gasteiger partial charge in [-0.25, -0.2) is 0 Å². The van der Waals surface area contributed by atoms with Gasteiger partial charge >= 0.3 is 0 Å². The molecular formula is C9H9N3OS2. The first-order valence-corrected chi connectivity index (χ1v) is 5.78. The zero-order valence-electron chi connectivity index (χ0n) is 7.84. The van der Waals surface area contributed by atoms with Crippen LogP contribution >= 0.6 is 24.0 Å². The maximum Gasteiger partial charge on any atom is 0.239 e. The summed E-state index contributed by atoms with van der Waals surface area (Å²) < 4.78 is 0.640. The minimum atomic E-state index is 0.0616. The molecule has 1 saturated heterocycles.